The summed E-state index contributed by atoms with van der Waals surface area (Å²) in [5.41, 5.74) is 2.12. The molecule has 6 nitrogen and oxygen atoms in total. The minimum Gasteiger partial charge on any atom is -0.350 e. The summed E-state index contributed by atoms with van der Waals surface area (Å²) < 4.78 is 35.4. The molecular weight excluding hydrogens is 239 g/mol. The highest BCUT2D eigenvalue weighted by Crippen LogP contribution is 2.18. The smallest absolute Gasteiger partial charge is 0.350 e. The Balaban J connectivity index is 2.47. The van der Waals surface area contributed by atoms with Crippen LogP contribution in [0.15, 0.2) is 12.1 Å². The second-order valence-corrected chi connectivity index (χ2v) is 3.07. The highest BCUT2D eigenvalue weighted by atomic mass is 19.4. The lowest BCUT2D eigenvalue weighted by Crippen LogP contribution is -2.28. The molecule has 0 saturated heterocycles. The van der Waals surface area contributed by atoms with Crippen LogP contribution >= 0.6 is 0 Å². The van der Waals surface area contributed by atoms with Crippen molar-refractivity contribution in [1.29, 1.82) is 0 Å². The number of hydrogen-bond acceptors (Lipinski definition) is 5. The van der Waals surface area contributed by atoms with Crippen molar-refractivity contribution in [2.24, 2.45) is 5.84 Å². The van der Waals surface area contributed by atoms with E-state index in [4.69, 9.17) is 5.84 Å². The van der Waals surface area contributed by atoms with Gasteiger partial charge in [-0.05, 0) is 12.1 Å². The van der Waals surface area contributed by atoms with Crippen LogP contribution in [0.5, 0.6) is 0 Å². The molecule has 0 aliphatic carbocycles. The third kappa shape index (κ3) is 4.64. The zero-order valence-electron chi connectivity index (χ0n) is 8.58. The van der Waals surface area contributed by atoms with E-state index in [-0.39, 0.29) is 11.5 Å². The van der Waals surface area contributed by atoms with E-state index in [1.165, 1.54) is 12.1 Å². The summed E-state index contributed by atoms with van der Waals surface area (Å²) in [5, 5.41) is 9.06. The SMILES string of the molecule is NNc1ccc(C(=O)NCCC(F)(F)F)nn1. The van der Waals surface area contributed by atoms with E-state index in [0.717, 1.165) is 0 Å². The number of nitrogens with zero attached hydrogens (tertiary/aromatic N) is 2. The molecule has 17 heavy (non-hydrogen) atoms. The lowest BCUT2D eigenvalue weighted by Gasteiger charge is -2.07. The van der Waals surface area contributed by atoms with Crippen LogP contribution in [0.1, 0.15) is 16.9 Å². The van der Waals surface area contributed by atoms with Gasteiger partial charge in [-0.2, -0.15) is 13.2 Å². The molecule has 0 aromatic carbocycles. The Kier molecular flexibility index (Phi) is 4.21. The average molecular weight is 249 g/mol. The van der Waals surface area contributed by atoms with Gasteiger partial charge in [-0.15, -0.1) is 10.2 Å². The van der Waals surface area contributed by atoms with Crippen molar-refractivity contribution < 1.29 is 18.0 Å². The molecule has 0 saturated carbocycles. The largest absolute Gasteiger partial charge is 0.390 e. The molecular formula is C8H10F3N5O. The van der Waals surface area contributed by atoms with Gasteiger partial charge in [0, 0.05) is 6.54 Å². The molecule has 1 heterocycles. The molecule has 4 N–H and O–H groups in total. The number of carbonyl (C=O) groups is 1. The maximum Gasteiger partial charge on any atom is 0.390 e. The Hall–Kier alpha value is -1.90. The predicted octanol–water partition coefficient (Wildman–Crippen LogP) is 0.444. The molecule has 94 valence electrons. The summed E-state index contributed by atoms with van der Waals surface area (Å²) in [5.74, 6) is 4.56. The summed E-state index contributed by atoms with van der Waals surface area (Å²) in [6, 6.07) is 2.68. The summed E-state index contributed by atoms with van der Waals surface area (Å²) in [6.07, 6.45) is -5.39. The summed E-state index contributed by atoms with van der Waals surface area (Å²) in [4.78, 5) is 11.3. The first kappa shape index (κ1) is 13.2. The highest BCUT2D eigenvalue weighted by molar-refractivity contribution is 5.92. The number of carbonyl (C=O) groups excluding carboxylic acids is 1. The molecule has 0 atom stereocenters. The van der Waals surface area contributed by atoms with Gasteiger partial charge >= 0.3 is 6.18 Å². The van der Waals surface area contributed by atoms with Crippen molar-refractivity contribution in [3.63, 3.8) is 0 Å². The number of aromatic nitrogens is 2. The number of nitrogens with one attached hydrogen (secondary N) is 2. The monoisotopic (exact) mass is 249 g/mol. The van der Waals surface area contributed by atoms with E-state index in [9.17, 15) is 18.0 Å². The number of anilines is 1. The van der Waals surface area contributed by atoms with Gasteiger partial charge < -0.3 is 10.7 Å². The van der Waals surface area contributed by atoms with E-state index in [1.807, 2.05) is 0 Å². The lowest BCUT2D eigenvalue weighted by molar-refractivity contribution is -0.132. The molecule has 0 spiro atoms. The van der Waals surface area contributed by atoms with Crippen LogP contribution in [-0.2, 0) is 0 Å². The fourth-order valence-corrected chi connectivity index (χ4v) is 0.939. The lowest BCUT2D eigenvalue weighted by atomic mass is 10.3. The molecule has 0 aliphatic rings. The van der Waals surface area contributed by atoms with Gasteiger partial charge in [0.25, 0.3) is 5.91 Å². The van der Waals surface area contributed by atoms with Crippen molar-refractivity contribution in [2.75, 3.05) is 12.0 Å². The Morgan fingerprint density at radius 1 is 1.35 bits per heavy atom. The quantitative estimate of drug-likeness (QED) is 0.532. The molecule has 0 unspecified atom stereocenters. The van der Waals surface area contributed by atoms with Crippen molar-refractivity contribution in [3.05, 3.63) is 17.8 Å². The minimum absolute atomic E-state index is 0.0776. The Labute approximate surface area is 94.4 Å². The molecule has 0 bridgehead atoms. The first-order valence-electron chi connectivity index (χ1n) is 4.57. The van der Waals surface area contributed by atoms with Crippen LogP contribution < -0.4 is 16.6 Å². The highest BCUT2D eigenvalue weighted by Gasteiger charge is 2.26. The van der Waals surface area contributed by atoms with Crippen LogP contribution in [0.2, 0.25) is 0 Å². The van der Waals surface area contributed by atoms with Crippen LogP contribution in [0.25, 0.3) is 0 Å². The minimum atomic E-state index is -4.30. The van der Waals surface area contributed by atoms with E-state index in [1.54, 1.807) is 0 Å². The fourth-order valence-electron chi connectivity index (χ4n) is 0.939. The third-order valence-corrected chi connectivity index (χ3v) is 1.74. The molecule has 1 rings (SSSR count). The van der Waals surface area contributed by atoms with Crippen molar-refractivity contribution >= 4 is 11.7 Å². The number of nitrogens with two attached hydrogens (primary N) is 1. The zero-order chi connectivity index (χ0) is 12.9. The van der Waals surface area contributed by atoms with Gasteiger partial charge in [0.15, 0.2) is 11.5 Å². The van der Waals surface area contributed by atoms with E-state index in [2.05, 4.69) is 20.9 Å². The van der Waals surface area contributed by atoms with Gasteiger partial charge in [-0.3, -0.25) is 4.79 Å². The second kappa shape index (κ2) is 5.43. The number of alkyl halides is 3. The molecule has 1 amide bonds. The van der Waals surface area contributed by atoms with Gasteiger partial charge in [0.1, 0.15) is 0 Å². The zero-order valence-corrected chi connectivity index (χ0v) is 8.58. The average Bonchev–Trinajstić information content (AvgIpc) is 2.27. The number of amides is 1. The molecule has 0 aliphatic heterocycles. The molecule has 0 fully saturated rings. The number of hydrogen-bond donors (Lipinski definition) is 3. The molecule has 9 heteroatoms. The van der Waals surface area contributed by atoms with Gasteiger partial charge in [0.05, 0.1) is 6.42 Å². The van der Waals surface area contributed by atoms with Crippen molar-refractivity contribution in [2.45, 2.75) is 12.6 Å². The van der Waals surface area contributed by atoms with Gasteiger partial charge in [0.2, 0.25) is 0 Å². The van der Waals surface area contributed by atoms with E-state index < -0.39 is 25.0 Å². The number of halogens is 3. The Bertz CT molecular complexity index is 378. The summed E-state index contributed by atoms with van der Waals surface area (Å²) >= 11 is 0. The van der Waals surface area contributed by atoms with E-state index >= 15 is 0 Å². The van der Waals surface area contributed by atoms with Gasteiger partial charge in [-0.25, -0.2) is 5.84 Å². The summed E-state index contributed by atoms with van der Waals surface area (Å²) in [6.45, 7) is -0.499. The normalized spacial score (nSPS) is 11.1. The first-order valence-corrected chi connectivity index (χ1v) is 4.57. The van der Waals surface area contributed by atoms with Crippen LogP contribution in [0, 0.1) is 0 Å². The van der Waals surface area contributed by atoms with Crippen LogP contribution in [0.3, 0.4) is 0 Å². The molecule has 1 aromatic heterocycles. The Morgan fingerprint density at radius 3 is 2.53 bits per heavy atom. The second-order valence-electron chi connectivity index (χ2n) is 3.07. The standard InChI is InChI=1S/C8H10F3N5O/c9-8(10,11)3-4-13-7(17)5-1-2-6(14-12)16-15-5/h1-2H,3-4,12H2,(H,13,17)(H,14,16). The fraction of sp³-hybridized carbons (Fsp3) is 0.375. The maximum absolute atomic E-state index is 11.8. The number of rotatable bonds is 4. The van der Waals surface area contributed by atoms with Crippen LogP contribution in [-0.4, -0.2) is 28.8 Å². The maximum atomic E-state index is 11.8. The van der Waals surface area contributed by atoms with E-state index in [0.29, 0.717) is 0 Å². The van der Waals surface area contributed by atoms with Gasteiger partial charge in [-0.1, -0.05) is 0 Å². The molecule has 0 radical (unpaired) electrons. The van der Waals surface area contributed by atoms with Crippen molar-refractivity contribution in [3.8, 4) is 0 Å². The van der Waals surface area contributed by atoms with Crippen molar-refractivity contribution in [1.82, 2.24) is 15.5 Å². The third-order valence-electron chi connectivity index (χ3n) is 1.74. The topological polar surface area (TPSA) is 92.9 Å². The molecule has 1 aromatic rings. The number of nitrogen functional groups attached to an aromatic ring is 1. The Morgan fingerprint density at radius 2 is 2.06 bits per heavy atom. The predicted molar refractivity (Wildman–Crippen MR) is 52.8 cm³/mol. The van der Waals surface area contributed by atoms with Crippen LogP contribution in [0.4, 0.5) is 19.0 Å². The summed E-state index contributed by atoms with van der Waals surface area (Å²) in [7, 11) is 0. The first-order chi connectivity index (χ1) is 7.92. The number of hydrazine groups is 1.